The first-order valence-electron chi connectivity index (χ1n) is 8.90. The van der Waals surface area contributed by atoms with Crippen LogP contribution in [0.15, 0.2) is 47.5 Å². The Bertz CT molecular complexity index is 1030. The zero-order valence-electron chi connectivity index (χ0n) is 15.6. The van der Waals surface area contributed by atoms with Crippen molar-refractivity contribution < 1.29 is 21.6 Å². The fourth-order valence-electron chi connectivity index (χ4n) is 3.45. The van der Waals surface area contributed by atoms with E-state index in [4.69, 9.17) is 0 Å². The van der Waals surface area contributed by atoms with Gasteiger partial charge >= 0.3 is 6.18 Å². The molecule has 1 fully saturated rings. The normalized spacial score (nSPS) is 18.2. The molecule has 0 N–H and O–H groups in total. The van der Waals surface area contributed by atoms with Crippen LogP contribution >= 0.6 is 0 Å². The Morgan fingerprint density at radius 1 is 1.24 bits per heavy atom. The maximum atomic E-state index is 13.3. The number of anilines is 1. The first-order chi connectivity index (χ1) is 13.7. The minimum atomic E-state index is -4.57. The number of likely N-dealkylation sites (N-methyl/N-ethyl adjacent to an activating group) is 1. The van der Waals surface area contributed by atoms with Crippen molar-refractivity contribution in [3.05, 3.63) is 53.7 Å². The van der Waals surface area contributed by atoms with Crippen molar-refractivity contribution in [3.63, 3.8) is 0 Å². The van der Waals surface area contributed by atoms with Gasteiger partial charge in [0.1, 0.15) is 11.9 Å². The van der Waals surface area contributed by atoms with Crippen molar-refractivity contribution >= 4 is 15.8 Å². The van der Waals surface area contributed by atoms with Crippen molar-refractivity contribution in [3.8, 4) is 6.07 Å². The van der Waals surface area contributed by atoms with Gasteiger partial charge in [-0.1, -0.05) is 12.1 Å². The largest absolute Gasteiger partial charge is 0.419 e. The lowest BCUT2D eigenvalue weighted by molar-refractivity contribution is -0.137. The van der Waals surface area contributed by atoms with E-state index in [1.54, 1.807) is 6.07 Å². The molecule has 29 heavy (non-hydrogen) atoms. The van der Waals surface area contributed by atoms with E-state index in [9.17, 15) is 26.9 Å². The van der Waals surface area contributed by atoms with Gasteiger partial charge in [0.25, 0.3) is 0 Å². The fourth-order valence-corrected chi connectivity index (χ4v) is 5.11. The highest BCUT2D eigenvalue weighted by Gasteiger charge is 2.38. The van der Waals surface area contributed by atoms with Crippen LogP contribution in [0.25, 0.3) is 0 Å². The Hall–Kier alpha value is -2.64. The first-order valence-corrected chi connectivity index (χ1v) is 10.3. The molecule has 6 nitrogen and oxygen atoms in total. The van der Waals surface area contributed by atoms with E-state index in [2.05, 4.69) is 4.98 Å². The van der Waals surface area contributed by atoms with Gasteiger partial charge in [0.15, 0.2) is 0 Å². The molecule has 2 heterocycles. The summed E-state index contributed by atoms with van der Waals surface area (Å²) in [6.07, 6.45) is -2.28. The van der Waals surface area contributed by atoms with Crippen LogP contribution < -0.4 is 4.90 Å². The second-order valence-electron chi connectivity index (χ2n) is 6.75. The number of pyridine rings is 1. The van der Waals surface area contributed by atoms with E-state index in [0.29, 0.717) is 12.8 Å². The molecule has 1 unspecified atom stereocenters. The zero-order chi connectivity index (χ0) is 21.2. The van der Waals surface area contributed by atoms with Gasteiger partial charge in [0.05, 0.1) is 16.0 Å². The molecule has 1 aromatic carbocycles. The van der Waals surface area contributed by atoms with Crippen molar-refractivity contribution in [1.29, 1.82) is 5.26 Å². The van der Waals surface area contributed by atoms with Gasteiger partial charge < -0.3 is 4.90 Å². The molecule has 0 bridgehead atoms. The highest BCUT2D eigenvalue weighted by atomic mass is 32.2. The molecule has 154 valence electrons. The third-order valence-electron chi connectivity index (χ3n) is 4.96. The van der Waals surface area contributed by atoms with E-state index < -0.39 is 27.8 Å². The topological polar surface area (TPSA) is 77.3 Å². The number of benzene rings is 1. The van der Waals surface area contributed by atoms with Gasteiger partial charge in [-0.2, -0.15) is 22.7 Å². The van der Waals surface area contributed by atoms with Crippen LogP contribution in [0, 0.1) is 11.3 Å². The molecule has 1 atom stereocenters. The first kappa shape index (κ1) is 21.1. The highest BCUT2D eigenvalue weighted by Crippen LogP contribution is 2.36. The molecule has 1 aliphatic rings. The van der Waals surface area contributed by atoms with Crippen LogP contribution in [0.5, 0.6) is 0 Å². The summed E-state index contributed by atoms with van der Waals surface area (Å²) in [5, 5.41) is 9.22. The van der Waals surface area contributed by atoms with Gasteiger partial charge in [0.2, 0.25) is 10.0 Å². The number of rotatable bonds is 4. The average molecular weight is 424 g/mol. The molecule has 0 amide bonds. The van der Waals surface area contributed by atoms with E-state index in [-0.39, 0.29) is 29.4 Å². The highest BCUT2D eigenvalue weighted by molar-refractivity contribution is 7.89. The predicted octanol–water partition coefficient (Wildman–Crippen LogP) is 3.26. The number of aromatic nitrogens is 1. The summed E-state index contributed by atoms with van der Waals surface area (Å²) in [6.45, 7) is 0.243. The number of nitrogens with zero attached hydrogens (tertiary/aromatic N) is 4. The Kier molecular flexibility index (Phi) is 5.82. The van der Waals surface area contributed by atoms with E-state index in [1.807, 2.05) is 6.07 Å². The van der Waals surface area contributed by atoms with Crippen LogP contribution in [-0.2, 0) is 16.2 Å². The molecular formula is C19H19F3N4O2S. The van der Waals surface area contributed by atoms with Gasteiger partial charge in [-0.25, -0.2) is 13.4 Å². The molecule has 0 spiro atoms. The summed E-state index contributed by atoms with van der Waals surface area (Å²) >= 11 is 0. The molecule has 1 aromatic heterocycles. The summed E-state index contributed by atoms with van der Waals surface area (Å²) in [7, 11) is -2.46. The number of alkyl halides is 3. The van der Waals surface area contributed by atoms with Gasteiger partial charge in [0, 0.05) is 32.4 Å². The summed E-state index contributed by atoms with van der Waals surface area (Å²) in [5.74, 6) is -0.235. The molecular weight excluding hydrogens is 405 g/mol. The number of hydrogen-bond acceptors (Lipinski definition) is 5. The minimum Gasteiger partial charge on any atom is -0.355 e. The van der Waals surface area contributed by atoms with Crippen LogP contribution in [0.4, 0.5) is 19.0 Å². The molecule has 0 saturated carbocycles. The second kappa shape index (κ2) is 8.00. The van der Waals surface area contributed by atoms with E-state index >= 15 is 0 Å². The standard InChI is InChI=1S/C19H19F3N4O2S/c1-25(18-16(19(20,21)22)8-4-10-24-18)15-7-5-11-26(13-15)29(27,28)17-9-3-2-6-14(17)12-23/h2-4,6,8-10,15H,5,7,11,13H2,1H3. The maximum absolute atomic E-state index is 13.3. The molecule has 10 heteroatoms. The zero-order valence-corrected chi connectivity index (χ0v) is 16.4. The second-order valence-corrected chi connectivity index (χ2v) is 8.66. The lowest BCUT2D eigenvalue weighted by Gasteiger charge is -2.38. The number of piperidine rings is 1. The third-order valence-corrected chi connectivity index (χ3v) is 6.88. The predicted molar refractivity (Wildman–Crippen MR) is 101 cm³/mol. The van der Waals surface area contributed by atoms with Crippen molar-refractivity contribution in [2.75, 3.05) is 25.0 Å². The molecule has 3 rings (SSSR count). The molecule has 2 aromatic rings. The Labute approximate surface area is 167 Å². The van der Waals surface area contributed by atoms with E-state index in [1.165, 1.54) is 46.7 Å². The van der Waals surface area contributed by atoms with Crippen molar-refractivity contribution in [1.82, 2.24) is 9.29 Å². The van der Waals surface area contributed by atoms with Crippen molar-refractivity contribution in [2.24, 2.45) is 0 Å². The van der Waals surface area contributed by atoms with E-state index in [0.717, 1.165) is 6.07 Å². The third kappa shape index (κ3) is 4.21. The number of sulfonamides is 1. The van der Waals surface area contributed by atoms with Gasteiger partial charge in [-0.3, -0.25) is 0 Å². The Morgan fingerprint density at radius 2 is 1.97 bits per heavy atom. The summed E-state index contributed by atoms with van der Waals surface area (Å²) in [5.41, 5.74) is -0.829. The number of hydrogen-bond donors (Lipinski definition) is 0. The Morgan fingerprint density at radius 3 is 2.66 bits per heavy atom. The monoisotopic (exact) mass is 424 g/mol. The fraction of sp³-hybridized carbons (Fsp3) is 0.368. The van der Waals surface area contributed by atoms with Gasteiger partial charge in [-0.15, -0.1) is 0 Å². The molecule has 0 radical (unpaired) electrons. The molecule has 1 saturated heterocycles. The summed E-state index contributed by atoms with van der Waals surface area (Å²) in [4.78, 5) is 5.18. The van der Waals surface area contributed by atoms with Gasteiger partial charge in [-0.05, 0) is 37.1 Å². The summed E-state index contributed by atoms with van der Waals surface area (Å²) < 4.78 is 67.4. The maximum Gasteiger partial charge on any atom is 0.419 e. The smallest absolute Gasteiger partial charge is 0.355 e. The van der Waals surface area contributed by atoms with Crippen LogP contribution in [0.3, 0.4) is 0 Å². The van der Waals surface area contributed by atoms with Crippen LogP contribution in [0.2, 0.25) is 0 Å². The van der Waals surface area contributed by atoms with Crippen LogP contribution in [0.1, 0.15) is 24.0 Å². The number of nitriles is 1. The minimum absolute atomic E-state index is 0.00642. The Balaban J connectivity index is 1.89. The molecule has 1 aliphatic heterocycles. The lowest BCUT2D eigenvalue weighted by Crippen LogP contribution is -2.49. The lowest BCUT2D eigenvalue weighted by atomic mass is 10.1. The summed E-state index contributed by atoms with van der Waals surface area (Å²) in [6, 6.07) is 9.46. The van der Waals surface area contributed by atoms with Crippen molar-refractivity contribution in [2.45, 2.75) is 30.0 Å². The SMILES string of the molecule is CN(c1ncccc1C(F)(F)F)C1CCCN(S(=O)(=O)c2ccccc2C#N)C1. The molecule has 0 aliphatic carbocycles. The quantitative estimate of drug-likeness (QED) is 0.753. The number of halogens is 3. The average Bonchev–Trinajstić information content (AvgIpc) is 2.72. The van der Waals surface area contributed by atoms with Crippen LogP contribution in [-0.4, -0.2) is 43.9 Å².